The predicted molar refractivity (Wildman–Crippen MR) is 251 cm³/mol. The van der Waals surface area contributed by atoms with Crippen molar-refractivity contribution < 1.29 is 55.8 Å². The molecule has 20 heteroatoms. The lowest BCUT2D eigenvalue weighted by molar-refractivity contribution is -0.141. The summed E-state index contributed by atoms with van der Waals surface area (Å²) in [6, 6.07) is 8.49. The smallest absolute Gasteiger partial charge is 0.435 e. The summed E-state index contributed by atoms with van der Waals surface area (Å²) in [4.78, 5) is 87.2. The normalized spacial score (nSPS) is 18.1. The Bertz CT molecular complexity index is 2760. The number of anilines is 1. The van der Waals surface area contributed by atoms with E-state index >= 15 is 0 Å². The number of nitrogens with zero attached hydrogens (tertiary/aromatic N) is 5. The number of rotatable bonds is 14. The zero-order chi connectivity index (χ0) is 51.0. The van der Waals surface area contributed by atoms with Crippen molar-refractivity contribution in [2.75, 3.05) is 51.7 Å². The second-order valence-electron chi connectivity index (χ2n) is 18.9. The largest absolute Gasteiger partial charge is 0.447 e. The van der Waals surface area contributed by atoms with Crippen molar-refractivity contribution in [1.82, 2.24) is 29.5 Å². The molecule has 1 saturated carbocycles. The summed E-state index contributed by atoms with van der Waals surface area (Å²) in [5.41, 5.74) is 7.16. The fourth-order valence-corrected chi connectivity index (χ4v) is 9.65. The van der Waals surface area contributed by atoms with Gasteiger partial charge in [-0.3, -0.25) is 19.2 Å². The summed E-state index contributed by atoms with van der Waals surface area (Å²) >= 11 is 0. The number of nitrogens with one attached hydrogen (secondary N) is 2. The van der Waals surface area contributed by atoms with E-state index in [1.165, 1.54) is 42.3 Å². The number of hydrogen-bond acceptors (Lipinski definition) is 10. The summed E-state index contributed by atoms with van der Waals surface area (Å²) in [6.07, 6.45) is -3.68. The highest BCUT2D eigenvalue weighted by Crippen LogP contribution is 2.43. The van der Waals surface area contributed by atoms with Gasteiger partial charge in [-0.15, -0.1) is 0 Å². The van der Waals surface area contributed by atoms with Crippen LogP contribution < -0.4 is 11.1 Å². The van der Waals surface area contributed by atoms with Gasteiger partial charge in [-0.25, -0.2) is 23.6 Å². The average Bonchev–Trinajstić information content (AvgIpc) is 3.93. The Labute approximate surface area is 402 Å². The second-order valence-corrected chi connectivity index (χ2v) is 18.9. The number of carbonyl (C=O) groups excluding carboxylic acids is 6. The minimum atomic E-state index is -4.87. The average molecular weight is 975 g/mol. The molecule has 7 rings (SSSR count). The molecule has 70 heavy (non-hydrogen) atoms. The number of imide groups is 1. The Kier molecular flexibility index (Phi) is 14.8. The van der Waals surface area contributed by atoms with Gasteiger partial charge >= 0.3 is 18.4 Å². The first kappa shape index (κ1) is 51.0. The fraction of sp³-hybridized carbons (Fsp3) is 0.460. The van der Waals surface area contributed by atoms with Gasteiger partial charge in [0.1, 0.15) is 18.5 Å². The van der Waals surface area contributed by atoms with Crippen LogP contribution >= 0.6 is 0 Å². The zero-order valence-electron chi connectivity index (χ0n) is 40.3. The lowest BCUT2D eigenvalue weighted by Crippen LogP contribution is -2.44. The van der Waals surface area contributed by atoms with Gasteiger partial charge in [-0.1, -0.05) is 27.7 Å². The molecule has 0 radical (unpaired) electrons. The van der Waals surface area contributed by atoms with Crippen molar-refractivity contribution >= 4 is 53.0 Å². The molecular weight excluding hydrogens is 917 g/mol. The SMILES string of the molecule is CCN(CC)CCN(C(=O)OCCN(C)C(=O)OC1CCC(c2cc(-n3nc(C(F)(F)F)c4c3CC(C)(C)CC4=O)ccc2C(N)=O)CC1)C(=O)c1c(C)[nH]c(/C=C2\C(=O)Nc3ccc(F)cc32)c1C. The molecule has 4 N–H and O–H groups in total. The van der Waals surface area contributed by atoms with Gasteiger partial charge in [0.05, 0.1) is 34.6 Å². The van der Waals surface area contributed by atoms with E-state index in [4.69, 9.17) is 15.2 Å². The van der Waals surface area contributed by atoms with Gasteiger partial charge < -0.3 is 35.3 Å². The molecule has 5 amide bonds. The molecule has 1 aliphatic heterocycles. The number of aromatic nitrogens is 3. The van der Waals surface area contributed by atoms with E-state index in [-0.39, 0.29) is 66.5 Å². The van der Waals surface area contributed by atoms with Gasteiger partial charge in [-0.05, 0) is 124 Å². The zero-order valence-corrected chi connectivity index (χ0v) is 40.3. The topological polar surface area (TPSA) is 202 Å². The maximum Gasteiger partial charge on any atom is 0.435 e. The number of aryl methyl sites for hydroxylation is 1. The number of H-pyrrole nitrogens is 1. The van der Waals surface area contributed by atoms with E-state index in [1.807, 2.05) is 18.7 Å². The molecule has 3 heterocycles. The second kappa shape index (κ2) is 20.3. The van der Waals surface area contributed by atoms with E-state index in [9.17, 15) is 46.3 Å². The summed E-state index contributed by atoms with van der Waals surface area (Å²) in [7, 11) is 1.47. The molecule has 0 spiro atoms. The van der Waals surface area contributed by atoms with Crippen LogP contribution in [0.5, 0.6) is 0 Å². The standard InChI is InChI=1S/C50H58F4N8O8/c1-8-60(9-2)18-19-61(46(66)41-27(3)38(56-28(41)4)24-36-35-22-30(51)12-17-37(35)57-45(36)65)48(68)69-21-20-59(7)47(67)70-32-14-10-29(11-15-32)34-23-31(13-16-33(34)44(55)64)62-39-25-49(5,6)26-40(63)42(39)43(58-62)50(52,53)54/h12-13,16-17,22-24,29,32,56H,8-11,14-15,18-21,25-26H2,1-7H3,(H2,55,64)(H,57,65)/b36-24-. The van der Waals surface area contributed by atoms with Crippen molar-refractivity contribution in [2.24, 2.45) is 11.1 Å². The monoisotopic (exact) mass is 974 g/mol. The van der Waals surface area contributed by atoms with Crippen molar-refractivity contribution in [3.05, 3.63) is 98.4 Å². The maximum atomic E-state index is 14.2. The Morgan fingerprint density at radius 2 is 1.66 bits per heavy atom. The highest BCUT2D eigenvalue weighted by atomic mass is 19.4. The highest BCUT2D eigenvalue weighted by Gasteiger charge is 2.46. The molecular formula is C50H58F4N8O8. The quantitative estimate of drug-likeness (QED) is 0.0813. The van der Waals surface area contributed by atoms with E-state index < -0.39 is 70.5 Å². The third kappa shape index (κ3) is 10.7. The lowest BCUT2D eigenvalue weighted by Gasteiger charge is -2.31. The number of aromatic amines is 1. The highest BCUT2D eigenvalue weighted by molar-refractivity contribution is 6.35. The molecule has 2 aliphatic carbocycles. The number of primary amides is 1. The Morgan fingerprint density at radius 1 is 0.957 bits per heavy atom. The van der Waals surface area contributed by atoms with Crippen LogP contribution in [0.3, 0.4) is 0 Å². The van der Waals surface area contributed by atoms with Crippen LogP contribution in [0.25, 0.3) is 17.3 Å². The fourth-order valence-electron chi connectivity index (χ4n) is 9.65. The third-order valence-corrected chi connectivity index (χ3v) is 13.4. The molecule has 1 fully saturated rings. The number of halogens is 4. The first-order chi connectivity index (χ1) is 33.0. The molecule has 374 valence electrons. The van der Waals surface area contributed by atoms with Gasteiger partial charge in [0.15, 0.2) is 11.5 Å². The number of hydrogen-bond donors (Lipinski definition) is 3. The van der Waals surface area contributed by atoms with Crippen molar-refractivity contribution in [3.63, 3.8) is 0 Å². The first-order valence-electron chi connectivity index (χ1n) is 23.3. The lowest BCUT2D eigenvalue weighted by atomic mass is 9.75. The molecule has 0 unspecified atom stereocenters. The van der Waals surface area contributed by atoms with Gasteiger partial charge in [-0.2, -0.15) is 18.3 Å². The number of Topliss-reactive ketones (excluding diaryl/α,β-unsaturated/α-hetero) is 1. The Balaban J connectivity index is 0.984. The number of ketones is 1. The molecule has 4 aromatic rings. The molecule has 0 saturated heterocycles. The van der Waals surface area contributed by atoms with Crippen molar-refractivity contribution in [2.45, 2.75) is 98.3 Å². The van der Waals surface area contributed by atoms with E-state index in [2.05, 4.69) is 15.4 Å². The summed E-state index contributed by atoms with van der Waals surface area (Å²) in [5, 5.41) is 6.62. The predicted octanol–water partition coefficient (Wildman–Crippen LogP) is 8.44. The molecule has 0 atom stereocenters. The van der Waals surface area contributed by atoms with Crippen LogP contribution in [0.1, 0.15) is 136 Å². The van der Waals surface area contributed by atoms with Crippen LogP contribution in [-0.4, -0.2) is 118 Å². The van der Waals surface area contributed by atoms with Crippen molar-refractivity contribution in [3.8, 4) is 5.69 Å². The van der Waals surface area contributed by atoms with Gasteiger partial charge in [0.2, 0.25) is 5.91 Å². The van der Waals surface area contributed by atoms with Gasteiger partial charge in [0.25, 0.3) is 11.8 Å². The first-order valence-corrected chi connectivity index (χ1v) is 23.3. The number of fused-ring (bicyclic) bond motifs is 2. The van der Waals surface area contributed by atoms with Crippen LogP contribution in [0.15, 0.2) is 36.4 Å². The molecule has 3 aliphatic rings. The van der Waals surface area contributed by atoms with E-state index in [1.54, 1.807) is 39.8 Å². The van der Waals surface area contributed by atoms with Gasteiger partial charge in [0, 0.05) is 54.8 Å². The molecule has 0 bridgehead atoms. The molecule has 2 aromatic heterocycles. The number of benzene rings is 2. The molecule has 2 aromatic carbocycles. The summed E-state index contributed by atoms with van der Waals surface area (Å²) in [6.45, 7) is 12.2. The minimum absolute atomic E-state index is 0.00970. The minimum Gasteiger partial charge on any atom is -0.447 e. The number of amides is 5. The van der Waals surface area contributed by atoms with Crippen LogP contribution in [0, 0.1) is 25.1 Å². The van der Waals surface area contributed by atoms with Crippen LogP contribution in [-0.2, 0) is 26.9 Å². The van der Waals surface area contributed by atoms with E-state index in [0.29, 0.717) is 79.1 Å². The Hall–Kier alpha value is -6.83. The number of carbonyl (C=O) groups is 6. The van der Waals surface area contributed by atoms with Crippen molar-refractivity contribution in [1.29, 1.82) is 0 Å². The van der Waals surface area contributed by atoms with Crippen LogP contribution in [0.2, 0.25) is 0 Å². The van der Waals surface area contributed by atoms with Crippen LogP contribution in [0.4, 0.5) is 32.8 Å². The van der Waals surface area contributed by atoms with E-state index in [0.717, 1.165) is 9.58 Å². The number of ether oxygens (including phenoxy) is 2. The Morgan fingerprint density at radius 3 is 2.31 bits per heavy atom. The summed E-state index contributed by atoms with van der Waals surface area (Å²) in [5.74, 6) is -3.21. The maximum absolute atomic E-state index is 14.2. The summed E-state index contributed by atoms with van der Waals surface area (Å²) < 4.78 is 69.3. The number of nitrogens with two attached hydrogens (primary N) is 1. The number of alkyl halides is 3. The number of likely N-dealkylation sites (N-methyl/N-ethyl adjacent to an activating group) is 2. The molecule has 16 nitrogen and oxygen atoms in total. The third-order valence-electron chi connectivity index (χ3n) is 13.4.